The van der Waals surface area contributed by atoms with Gasteiger partial charge in [-0.1, -0.05) is 13.8 Å². The lowest BCUT2D eigenvalue weighted by molar-refractivity contribution is -0.144. The lowest BCUT2D eigenvalue weighted by Crippen LogP contribution is -2.55. The summed E-state index contributed by atoms with van der Waals surface area (Å²) in [5.74, 6) is 4.20. The maximum atomic E-state index is 11.6. The van der Waals surface area contributed by atoms with E-state index in [0.29, 0.717) is 23.7 Å². The van der Waals surface area contributed by atoms with Crippen LogP contribution in [0.15, 0.2) is 12.7 Å². The molecule has 0 radical (unpaired) electrons. The van der Waals surface area contributed by atoms with E-state index < -0.39 is 5.60 Å². The minimum Gasteiger partial charge on any atom is -0.393 e. The Morgan fingerprint density at radius 2 is 1.68 bits per heavy atom. The van der Waals surface area contributed by atoms with Crippen molar-refractivity contribution in [3.05, 3.63) is 18.5 Å². The third kappa shape index (κ3) is 3.55. The Morgan fingerprint density at radius 3 is 2.45 bits per heavy atom. The Balaban J connectivity index is 1.33. The number of hydrogen-bond acceptors (Lipinski definition) is 5. The second kappa shape index (κ2) is 7.76. The van der Waals surface area contributed by atoms with Crippen molar-refractivity contribution in [1.29, 1.82) is 0 Å². The van der Waals surface area contributed by atoms with Crippen molar-refractivity contribution in [2.45, 2.75) is 103 Å². The van der Waals surface area contributed by atoms with Gasteiger partial charge in [0.05, 0.1) is 11.7 Å². The van der Waals surface area contributed by atoms with Crippen molar-refractivity contribution in [2.75, 3.05) is 0 Å². The molecule has 1 unspecified atom stereocenters. The lowest BCUT2D eigenvalue weighted by atomic mass is 9.44. The predicted molar refractivity (Wildman–Crippen MR) is 120 cm³/mol. The minimum absolute atomic E-state index is 0.0705. The molecular weight excluding hydrogens is 386 g/mol. The van der Waals surface area contributed by atoms with Crippen LogP contribution in [0.2, 0.25) is 0 Å². The van der Waals surface area contributed by atoms with Crippen LogP contribution in [0.5, 0.6) is 0 Å². The Kier molecular flexibility index (Phi) is 5.45. The minimum atomic E-state index is -0.682. The highest BCUT2D eigenvalue weighted by molar-refractivity contribution is 5.11. The van der Waals surface area contributed by atoms with Crippen molar-refractivity contribution in [3.63, 3.8) is 0 Å². The summed E-state index contributed by atoms with van der Waals surface area (Å²) in [5.41, 5.74) is -0.0249. The number of aromatic nitrogens is 3. The van der Waals surface area contributed by atoms with Gasteiger partial charge in [0.25, 0.3) is 0 Å². The number of aliphatic hydroxyl groups excluding tert-OH is 1. The molecule has 4 aliphatic carbocycles. The van der Waals surface area contributed by atoms with Crippen LogP contribution in [0.25, 0.3) is 0 Å². The zero-order valence-electron chi connectivity index (χ0n) is 19.6. The fourth-order valence-corrected chi connectivity index (χ4v) is 9.19. The summed E-state index contributed by atoms with van der Waals surface area (Å²) in [6.07, 6.45) is 15.3. The van der Waals surface area contributed by atoms with Gasteiger partial charge in [-0.15, -0.1) is 0 Å². The second-order valence-electron chi connectivity index (χ2n) is 12.2. The summed E-state index contributed by atoms with van der Waals surface area (Å²) in [6, 6.07) is 0. The van der Waals surface area contributed by atoms with Crippen LogP contribution >= 0.6 is 0 Å². The summed E-state index contributed by atoms with van der Waals surface area (Å²) in [6.45, 7) is 7.13. The van der Waals surface area contributed by atoms with E-state index in [1.165, 1.54) is 38.5 Å². The highest BCUT2D eigenvalue weighted by Gasteiger charge is 2.62. The maximum absolute atomic E-state index is 11.6. The molecule has 5 rings (SSSR count). The third-order valence-electron chi connectivity index (χ3n) is 10.8. The first-order valence-corrected chi connectivity index (χ1v) is 12.8. The molecule has 4 aliphatic rings. The van der Waals surface area contributed by atoms with Crippen LogP contribution < -0.4 is 0 Å². The number of nitrogens with zero attached hydrogens (tertiary/aromatic N) is 3. The summed E-state index contributed by atoms with van der Waals surface area (Å²) in [5, 5.41) is 21.9. The quantitative estimate of drug-likeness (QED) is 0.735. The van der Waals surface area contributed by atoms with Gasteiger partial charge in [-0.25, -0.2) is 15.0 Å². The van der Waals surface area contributed by atoms with Crippen LogP contribution in [-0.2, 0) is 6.42 Å². The molecule has 2 N–H and O–H groups in total. The predicted octanol–water partition coefficient (Wildman–Crippen LogP) is 4.58. The van der Waals surface area contributed by atoms with E-state index >= 15 is 0 Å². The zero-order chi connectivity index (χ0) is 21.9. The molecule has 0 saturated heterocycles. The Labute approximate surface area is 187 Å². The second-order valence-corrected chi connectivity index (χ2v) is 12.2. The summed E-state index contributed by atoms with van der Waals surface area (Å²) in [4.78, 5) is 12.4. The first-order valence-electron chi connectivity index (χ1n) is 12.8. The molecule has 31 heavy (non-hydrogen) atoms. The van der Waals surface area contributed by atoms with Gasteiger partial charge in [-0.05, 0) is 112 Å². The number of fused-ring (bicyclic) bond motifs is 5. The summed E-state index contributed by atoms with van der Waals surface area (Å²) >= 11 is 0. The van der Waals surface area contributed by atoms with E-state index in [1.807, 2.05) is 0 Å². The summed E-state index contributed by atoms with van der Waals surface area (Å²) in [7, 11) is 0. The third-order valence-corrected chi connectivity index (χ3v) is 10.8. The van der Waals surface area contributed by atoms with Crippen LogP contribution in [0.4, 0.5) is 0 Å². The van der Waals surface area contributed by atoms with E-state index in [2.05, 4.69) is 35.7 Å². The smallest absolute Gasteiger partial charge is 0.132 e. The summed E-state index contributed by atoms with van der Waals surface area (Å²) < 4.78 is 0. The zero-order valence-corrected chi connectivity index (χ0v) is 19.6. The number of aryl methyl sites for hydroxylation is 1. The highest BCUT2D eigenvalue weighted by atomic mass is 16.3. The van der Waals surface area contributed by atoms with Gasteiger partial charge in [0.2, 0.25) is 0 Å². The first-order chi connectivity index (χ1) is 14.7. The maximum Gasteiger partial charge on any atom is 0.132 e. The number of aliphatic hydroxyl groups is 2. The van der Waals surface area contributed by atoms with E-state index in [-0.39, 0.29) is 11.5 Å². The molecule has 172 valence electrons. The lowest BCUT2D eigenvalue weighted by Gasteiger charge is -2.61. The molecule has 4 saturated carbocycles. The average molecular weight is 428 g/mol. The van der Waals surface area contributed by atoms with Crippen LogP contribution in [-0.4, -0.2) is 36.9 Å². The van der Waals surface area contributed by atoms with Crippen LogP contribution in [0, 0.1) is 40.4 Å². The number of hydrogen-bond donors (Lipinski definition) is 2. The van der Waals surface area contributed by atoms with Gasteiger partial charge in [0.1, 0.15) is 18.5 Å². The van der Waals surface area contributed by atoms with Crippen molar-refractivity contribution >= 4 is 0 Å². The Bertz CT molecular complexity index is 786. The Morgan fingerprint density at radius 1 is 0.968 bits per heavy atom. The van der Waals surface area contributed by atoms with E-state index in [1.54, 1.807) is 12.7 Å². The molecular formula is C26H41N3O2. The molecule has 0 aromatic carbocycles. The van der Waals surface area contributed by atoms with Crippen LogP contribution in [0.3, 0.4) is 0 Å². The molecule has 5 nitrogen and oxygen atoms in total. The number of rotatable bonds is 4. The topological polar surface area (TPSA) is 79.1 Å². The van der Waals surface area contributed by atoms with Gasteiger partial charge >= 0.3 is 0 Å². The van der Waals surface area contributed by atoms with E-state index in [0.717, 1.165) is 49.3 Å². The molecule has 9 atom stereocenters. The van der Waals surface area contributed by atoms with Crippen molar-refractivity contribution < 1.29 is 10.2 Å². The molecule has 0 aliphatic heterocycles. The van der Waals surface area contributed by atoms with Gasteiger partial charge < -0.3 is 10.2 Å². The van der Waals surface area contributed by atoms with Crippen molar-refractivity contribution in [2.24, 2.45) is 40.4 Å². The standard InChI is InChI=1S/C26H41N3O2/c1-24-11-8-18(30)14-17(24)4-5-19-20-6-7-22(25(20,2)12-9-21(19)24)26(3,31)13-10-23-28-15-27-16-29-23/h15-22,30-31H,4-14H2,1-3H3/t17?,18-,19-,20-,21-,22-,24-,25-,26+/m0/s1. The molecule has 0 amide bonds. The molecule has 0 bridgehead atoms. The highest BCUT2D eigenvalue weighted by Crippen LogP contribution is 2.68. The van der Waals surface area contributed by atoms with Crippen molar-refractivity contribution in [3.8, 4) is 0 Å². The molecule has 1 aromatic heterocycles. The van der Waals surface area contributed by atoms with Crippen molar-refractivity contribution in [1.82, 2.24) is 15.0 Å². The SMILES string of the molecule is C[C@]12CC[C@H]3[C@@H](CCC4C[C@@H](O)CC[C@@]43C)[C@@H]1CC[C@@H]2[C@](C)(O)CCc1ncncn1. The fraction of sp³-hybridized carbons (Fsp3) is 0.885. The average Bonchev–Trinajstić information content (AvgIpc) is 3.12. The molecule has 1 heterocycles. The van der Waals surface area contributed by atoms with Crippen LogP contribution in [0.1, 0.15) is 90.8 Å². The molecule has 0 spiro atoms. The van der Waals surface area contributed by atoms with E-state index in [9.17, 15) is 10.2 Å². The largest absolute Gasteiger partial charge is 0.393 e. The fourth-order valence-electron chi connectivity index (χ4n) is 9.19. The monoisotopic (exact) mass is 427 g/mol. The van der Waals surface area contributed by atoms with Gasteiger partial charge in [0.15, 0.2) is 0 Å². The van der Waals surface area contributed by atoms with Gasteiger partial charge in [-0.2, -0.15) is 0 Å². The molecule has 4 fully saturated rings. The first kappa shape index (κ1) is 21.8. The molecule has 5 heteroatoms. The normalized spacial score (nSPS) is 46.5. The molecule has 1 aromatic rings. The Hall–Kier alpha value is -1.07. The van der Waals surface area contributed by atoms with Gasteiger partial charge in [0, 0.05) is 6.42 Å². The van der Waals surface area contributed by atoms with E-state index in [4.69, 9.17) is 0 Å². The van der Waals surface area contributed by atoms with Gasteiger partial charge in [-0.3, -0.25) is 0 Å².